The Bertz CT molecular complexity index is 906. The molecule has 28 heavy (non-hydrogen) atoms. The molecule has 0 atom stereocenters. The standard InChI is InChI=1S/C21H28N4O2S/c1-3-15-25(28(26,27)4-2)20-11-7-18(8-12-20)16-17-5-9-19(10-6-17)24-21-22-13-14-23-21/h5-12H,3-4,13-16H2,1-2H3,(H2,22,23,24). The number of sulfonamides is 1. The number of rotatable bonds is 8. The van der Waals surface area contributed by atoms with Crippen molar-refractivity contribution >= 4 is 27.4 Å². The second-order valence-electron chi connectivity index (χ2n) is 6.79. The third-order valence-electron chi connectivity index (χ3n) is 4.65. The molecule has 150 valence electrons. The number of anilines is 2. The van der Waals surface area contributed by atoms with Crippen LogP contribution in [0.2, 0.25) is 0 Å². The normalized spacial score (nSPS) is 13.7. The van der Waals surface area contributed by atoms with Crippen LogP contribution in [0.3, 0.4) is 0 Å². The summed E-state index contributed by atoms with van der Waals surface area (Å²) in [4.78, 5) is 4.33. The van der Waals surface area contributed by atoms with Gasteiger partial charge in [-0.3, -0.25) is 9.30 Å². The van der Waals surface area contributed by atoms with E-state index in [1.165, 1.54) is 9.87 Å². The first kappa shape index (κ1) is 20.2. The summed E-state index contributed by atoms with van der Waals surface area (Å²) in [5.41, 5.74) is 4.09. The van der Waals surface area contributed by atoms with Crippen molar-refractivity contribution in [3.8, 4) is 0 Å². The lowest BCUT2D eigenvalue weighted by Crippen LogP contribution is -2.32. The molecule has 0 saturated heterocycles. The van der Waals surface area contributed by atoms with Crippen LogP contribution in [-0.2, 0) is 16.4 Å². The minimum Gasteiger partial charge on any atom is -0.354 e. The maximum atomic E-state index is 12.3. The van der Waals surface area contributed by atoms with Crippen LogP contribution in [0.1, 0.15) is 31.4 Å². The van der Waals surface area contributed by atoms with Crippen LogP contribution in [-0.4, -0.2) is 39.8 Å². The molecule has 6 nitrogen and oxygen atoms in total. The zero-order valence-electron chi connectivity index (χ0n) is 16.5. The Morgan fingerprint density at radius 2 is 1.68 bits per heavy atom. The molecule has 1 aliphatic rings. The molecule has 0 bridgehead atoms. The summed E-state index contributed by atoms with van der Waals surface area (Å²) in [7, 11) is -3.25. The van der Waals surface area contributed by atoms with E-state index in [2.05, 4.69) is 27.8 Å². The summed E-state index contributed by atoms with van der Waals surface area (Å²) < 4.78 is 26.2. The summed E-state index contributed by atoms with van der Waals surface area (Å²) >= 11 is 0. The van der Waals surface area contributed by atoms with Crippen molar-refractivity contribution in [2.45, 2.75) is 26.7 Å². The molecule has 2 aromatic rings. The summed E-state index contributed by atoms with van der Waals surface area (Å²) in [6.45, 7) is 5.86. The van der Waals surface area contributed by atoms with Crippen molar-refractivity contribution in [1.82, 2.24) is 5.32 Å². The van der Waals surface area contributed by atoms with E-state index in [9.17, 15) is 8.42 Å². The lowest BCUT2D eigenvalue weighted by Gasteiger charge is -2.23. The van der Waals surface area contributed by atoms with Crippen molar-refractivity contribution < 1.29 is 8.42 Å². The molecule has 1 heterocycles. The lowest BCUT2D eigenvalue weighted by molar-refractivity contribution is 0.591. The highest BCUT2D eigenvalue weighted by molar-refractivity contribution is 7.92. The fourth-order valence-electron chi connectivity index (χ4n) is 3.13. The Hall–Kier alpha value is -2.54. The van der Waals surface area contributed by atoms with E-state index in [4.69, 9.17) is 0 Å². The molecule has 0 saturated carbocycles. The van der Waals surface area contributed by atoms with Gasteiger partial charge in [0.25, 0.3) is 0 Å². The van der Waals surface area contributed by atoms with Crippen LogP contribution in [0.15, 0.2) is 53.5 Å². The minimum absolute atomic E-state index is 0.108. The van der Waals surface area contributed by atoms with Crippen molar-refractivity contribution in [2.24, 2.45) is 4.99 Å². The molecule has 7 heteroatoms. The number of nitrogens with one attached hydrogen (secondary N) is 2. The Morgan fingerprint density at radius 3 is 2.21 bits per heavy atom. The molecule has 0 fully saturated rings. The fraction of sp³-hybridized carbons (Fsp3) is 0.381. The second-order valence-corrected chi connectivity index (χ2v) is 8.98. The van der Waals surface area contributed by atoms with Gasteiger partial charge in [0.1, 0.15) is 0 Å². The predicted molar refractivity (Wildman–Crippen MR) is 117 cm³/mol. The maximum absolute atomic E-state index is 12.3. The molecule has 0 spiro atoms. The lowest BCUT2D eigenvalue weighted by atomic mass is 10.0. The molecule has 2 aromatic carbocycles. The van der Waals surface area contributed by atoms with Gasteiger partial charge in [-0.2, -0.15) is 0 Å². The summed E-state index contributed by atoms with van der Waals surface area (Å²) in [6, 6.07) is 16.1. The largest absolute Gasteiger partial charge is 0.354 e. The van der Waals surface area contributed by atoms with E-state index >= 15 is 0 Å². The highest BCUT2D eigenvalue weighted by Crippen LogP contribution is 2.21. The molecule has 1 aliphatic heterocycles. The Morgan fingerprint density at radius 1 is 1.04 bits per heavy atom. The SMILES string of the molecule is CCCN(c1ccc(Cc2ccc(NC3=NCCN3)cc2)cc1)S(=O)(=O)CC. The first-order chi connectivity index (χ1) is 13.5. The van der Waals surface area contributed by atoms with Crippen molar-refractivity contribution in [1.29, 1.82) is 0 Å². The quantitative estimate of drug-likeness (QED) is 0.714. The van der Waals surface area contributed by atoms with Gasteiger partial charge in [0, 0.05) is 18.8 Å². The fourth-order valence-corrected chi connectivity index (χ4v) is 4.34. The van der Waals surface area contributed by atoms with Gasteiger partial charge in [-0.05, 0) is 55.2 Å². The number of aliphatic imine (C=N–C) groups is 1. The van der Waals surface area contributed by atoms with Crippen molar-refractivity contribution in [3.63, 3.8) is 0 Å². The Kier molecular flexibility index (Phi) is 6.57. The minimum atomic E-state index is -3.25. The number of guanidine groups is 1. The Labute approximate surface area is 167 Å². The van der Waals surface area contributed by atoms with Crippen LogP contribution in [0, 0.1) is 0 Å². The summed E-state index contributed by atoms with van der Waals surface area (Å²) in [5.74, 6) is 0.930. The average molecular weight is 401 g/mol. The van der Waals surface area contributed by atoms with Gasteiger partial charge in [-0.15, -0.1) is 0 Å². The van der Waals surface area contributed by atoms with Crippen LogP contribution in [0.4, 0.5) is 11.4 Å². The van der Waals surface area contributed by atoms with Gasteiger partial charge in [0.15, 0.2) is 5.96 Å². The average Bonchev–Trinajstić information content (AvgIpc) is 3.21. The molecular formula is C21H28N4O2S. The monoisotopic (exact) mass is 400 g/mol. The first-order valence-corrected chi connectivity index (χ1v) is 11.4. The smallest absolute Gasteiger partial charge is 0.234 e. The van der Waals surface area contributed by atoms with Gasteiger partial charge in [-0.1, -0.05) is 31.2 Å². The van der Waals surface area contributed by atoms with Crippen LogP contribution < -0.4 is 14.9 Å². The van der Waals surface area contributed by atoms with Crippen molar-refractivity contribution in [2.75, 3.05) is 35.0 Å². The number of nitrogens with zero attached hydrogens (tertiary/aromatic N) is 2. The topological polar surface area (TPSA) is 73.8 Å². The van der Waals surface area contributed by atoms with Crippen LogP contribution >= 0.6 is 0 Å². The molecule has 0 radical (unpaired) electrons. The van der Waals surface area contributed by atoms with E-state index in [-0.39, 0.29) is 5.75 Å². The van der Waals surface area contributed by atoms with E-state index in [1.807, 2.05) is 43.3 Å². The van der Waals surface area contributed by atoms with E-state index in [0.29, 0.717) is 6.54 Å². The highest BCUT2D eigenvalue weighted by Gasteiger charge is 2.19. The van der Waals surface area contributed by atoms with Gasteiger partial charge in [0.05, 0.1) is 18.0 Å². The van der Waals surface area contributed by atoms with E-state index in [0.717, 1.165) is 48.8 Å². The third-order valence-corrected chi connectivity index (χ3v) is 6.45. The molecule has 0 unspecified atom stereocenters. The van der Waals surface area contributed by atoms with E-state index < -0.39 is 10.0 Å². The van der Waals surface area contributed by atoms with Gasteiger partial charge in [0.2, 0.25) is 10.0 Å². The molecule has 3 rings (SSSR count). The highest BCUT2D eigenvalue weighted by atomic mass is 32.2. The number of hydrogen-bond acceptors (Lipinski definition) is 5. The van der Waals surface area contributed by atoms with Gasteiger partial charge in [-0.25, -0.2) is 8.42 Å². The summed E-state index contributed by atoms with van der Waals surface area (Å²) in [5, 5.41) is 6.45. The van der Waals surface area contributed by atoms with Crippen molar-refractivity contribution in [3.05, 3.63) is 59.7 Å². The Balaban J connectivity index is 1.66. The summed E-state index contributed by atoms with van der Waals surface area (Å²) in [6.07, 6.45) is 1.58. The van der Waals surface area contributed by atoms with Gasteiger partial charge < -0.3 is 10.6 Å². The zero-order chi connectivity index (χ0) is 20.0. The predicted octanol–water partition coefficient (Wildman–Crippen LogP) is 3.21. The van der Waals surface area contributed by atoms with E-state index in [1.54, 1.807) is 6.92 Å². The molecular weight excluding hydrogens is 372 g/mol. The first-order valence-electron chi connectivity index (χ1n) is 9.75. The number of hydrogen-bond donors (Lipinski definition) is 2. The molecule has 0 amide bonds. The maximum Gasteiger partial charge on any atom is 0.234 e. The zero-order valence-corrected chi connectivity index (χ0v) is 17.3. The third kappa shape index (κ3) is 5.04. The molecule has 2 N–H and O–H groups in total. The second kappa shape index (κ2) is 9.10. The van der Waals surface area contributed by atoms with Crippen LogP contribution in [0.5, 0.6) is 0 Å². The molecule has 0 aliphatic carbocycles. The molecule has 0 aromatic heterocycles. The number of benzene rings is 2. The van der Waals surface area contributed by atoms with Gasteiger partial charge >= 0.3 is 0 Å². The van der Waals surface area contributed by atoms with Crippen LogP contribution in [0.25, 0.3) is 0 Å².